The van der Waals surface area contributed by atoms with Crippen LogP contribution in [0.25, 0.3) is 11.0 Å². The van der Waals surface area contributed by atoms with E-state index in [-0.39, 0.29) is 11.8 Å². The quantitative estimate of drug-likeness (QED) is 0.619. The monoisotopic (exact) mass is 455 g/mol. The predicted octanol–water partition coefficient (Wildman–Crippen LogP) is 2.85. The van der Waals surface area contributed by atoms with Crippen LogP contribution in [0.3, 0.4) is 0 Å². The van der Waals surface area contributed by atoms with Crippen molar-refractivity contribution in [1.29, 1.82) is 0 Å². The summed E-state index contributed by atoms with van der Waals surface area (Å²) in [7, 11) is -0.410. The number of carbonyl (C=O) groups excluding carboxylic acids is 1. The zero-order chi connectivity index (χ0) is 22.9. The molecule has 0 saturated carbocycles. The normalized spacial score (nSPS) is 16.0. The van der Waals surface area contributed by atoms with Gasteiger partial charge in [0.05, 0.1) is 17.6 Å². The Labute approximate surface area is 189 Å². The van der Waals surface area contributed by atoms with Crippen molar-refractivity contribution in [3.05, 3.63) is 59.7 Å². The van der Waals surface area contributed by atoms with Gasteiger partial charge >= 0.3 is 0 Å². The number of hydrogen-bond acceptors (Lipinski definition) is 4. The van der Waals surface area contributed by atoms with E-state index in [1.165, 1.54) is 28.3 Å². The summed E-state index contributed by atoms with van der Waals surface area (Å²) >= 11 is 0. The average Bonchev–Trinajstić information content (AvgIpc) is 3.10. The third-order valence-corrected chi connectivity index (χ3v) is 7.87. The maximum atomic E-state index is 13.1. The number of carbonyl (C=O) groups is 1. The molecular weight excluding hydrogens is 426 g/mol. The van der Waals surface area contributed by atoms with Crippen LogP contribution < -0.4 is 5.32 Å². The van der Waals surface area contributed by atoms with Gasteiger partial charge in [0.15, 0.2) is 0 Å². The zero-order valence-corrected chi connectivity index (χ0v) is 19.5. The van der Waals surface area contributed by atoms with E-state index in [2.05, 4.69) is 35.4 Å². The molecule has 32 heavy (non-hydrogen) atoms. The van der Waals surface area contributed by atoms with E-state index in [1.807, 2.05) is 34.9 Å². The Kier molecular flexibility index (Phi) is 6.32. The number of hydrogen-bond donors (Lipinski definition) is 1. The summed E-state index contributed by atoms with van der Waals surface area (Å²) in [5, 5.41) is 3.02. The number of nitrogens with zero attached hydrogens (tertiary/aromatic N) is 4. The van der Waals surface area contributed by atoms with Crippen LogP contribution in [-0.2, 0) is 21.5 Å². The number of amides is 1. The van der Waals surface area contributed by atoms with Crippen molar-refractivity contribution >= 4 is 33.1 Å². The number of benzene rings is 2. The topological polar surface area (TPSA) is 87.5 Å². The molecule has 1 aromatic heterocycles. The molecule has 0 radical (unpaired) electrons. The number of aromatic nitrogens is 2. The van der Waals surface area contributed by atoms with Gasteiger partial charge in [-0.25, -0.2) is 4.98 Å². The highest BCUT2D eigenvalue weighted by Crippen LogP contribution is 2.25. The first-order chi connectivity index (χ1) is 15.3. The lowest BCUT2D eigenvalue weighted by Crippen LogP contribution is -2.46. The molecule has 0 bridgehead atoms. The SMILES string of the molecule is Cc1cccc(Cn2c(NC(=O)C3CCN(S(=O)(=O)N(C)C)CC3)nc3ccccc32)c1. The van der Waals surface area contributed by atoms with Gasteiger partial charge in [0, 0.05) is 33.1 Å². The molecule has 9 heteroatoms. The van der Waals surface area contributed by atoms with Gasteiger partial charge in [-0.2, -0.15) is 17.0 Å². The summed E-state index contributed by atoms with van der Waals surface area (Å²) in [6.45, 7) is 3.31. The summed E-state index contributed by atoms with van der Waals surface area (Å²) in [5.74, 6) is 0.143. The number of aryl methyl sites for hydroxylation is 1. The fraction of sp³-hybridized carbons (Fsp3) is 0.391. The van der Waals surface area contributed by atoms with Gasteiger partial charge in [-0.15, -0.1) is 0 Å². The summed E-state index contributed by atoms with van der Waals surface area (Å²) in [5.41, 5.74) is 4.08. The average molecular weight is 456 g/mol. The predicted molar refractivity (Wildman–Crippen MR) is 126 cm³/mol. The van der Waals surface area contributed by atoms with E-state index >= 15 is 0 Å². The first-order valence-corrected chi connectivity index (χ1v) is 12.1. The maximum absolute atomic E-state index is 13.1. The van der Waals surface area contributed by atoms with Crippen LogP contribution in [0, 0.1) is 12.8 Å². The Balaban J connectivity index is 1.52. The van der Waals surface area contributed by atoms with Gasteiger partial charge in [0.2, 0.25) is 11.9 Å². The molecule has 0 unspecified atom stereocenters. The second-order valence-electron chi connectivity index (χ2n) is 8.45. The number of rotatable bonds is 6. The van der Waals surface area contributed by atoms with Gasteiger partial charge < -0.3 is 4.57 Å². The van der Waals surface area contributed by atoms with Crippen LogP contribution in [0.15, 0.2) is 48.5 Å². The summed E-state index contributed by atoms with van der Waals surface area (Å²) in [6.07, 6.45) is 0.966. The van der Waals surface area contributed by atoms with Gasteiger partial charge in [-0.1, -0.05) is 42.0 Å². The van der Waals surface area contributed by atoms with Crippen LogP contribution >= 0.6 is 0 Å². The van der Waals surface area contributed by atoms with E-state index in [4.69, 9.17) is 0 Å². The number of anilines is 1. The van der Waals surface area contributed by atoms with Crippen molar-refractivity contribution in [2.24, 2.45) is 5.92 Å². The Morgan fingerprint density at radius 2 is 1.84 bits per heavy atom. The van der Waals surface area contributed by atoms with Crippen molar-refractivity contribution in [3.8, 4) is 0 Å². The number of para-hydroxylation sites is 2. The molecule has 3 aromatic rings. The number of imidazole rings is 1. The molecule has 0 spiro atoms. The van der Waals surface area contributed by atoms with Crippen molar-refractivity contribution in [1.82, 2.24) is 18.2 Å². The van der Waals surface area contributed by atoms with Crippen LogP contribution in [0.1, 0.15) is 24.0 Å². The van der Waals surface area contributed by atoms with Gasteiger partial charge in [0.1, 0.15) is 0 Å². The lowest BCUT2D eigenvalue weighted by atomic mass is 9.97. The van der Waals surface area contributed by atoms with Gasteiger partial charge in [0.25, 0.3) is 10.2 Å². The molecule has 4 rings (SSSR count). The highest BCUT2D eigenvalue weighted by atomic mass is 32.2. The Hall–Kier alpha value is -2.75. The number of nitrogens with one attached hydrogen (secondary N) is 1. The van der Waals surface area contributed by atoms with Crippen LogP contribution in [0.4, 0.5) is 5.95 Å². The smallest absolute Gasteiger partial charge is 0.281 e. The maximum Gasteiger partial charge on any atom is 0.281 e. The molecule has 8 nitrogen and oxygen atoms in total. The van der Waals surface area contributed by atoms with E-state index in [9.17, 15) is 13.2 Å². The molecule has 1 saturated heterocycles. The van der Waals surface area contributed by atoms with Crippen LogP contribution in [0.2, 0.25) is 0 Å². The minimum absolute atomic E-state index is 0.118. The molecule has 1 aliphatic heterocycles. The summed E-state index contributed by atoms with van der Waals surface area (Å²) in [4.78, 5) is 17.7. The second kappa shape index (κ2) is 9.01. The zero-order valence-electron chi connectivity index (χ0n) is 18.7. The minimum Gasteiger partial charge on any atom is -0.305 e. The number of piperidine rings is 1. The third kappa shape index (κ3) is 4.55. The summed E-state index contributed by atoms with van der Waals surface area (Å²) < 4.78 is 29.3. The minimum atomic E-state index is -3.45. The van der Waals surface area contributed by atoms with Gasteiger partial charge in [-0.3, -0.25) is 10.1 Å². The Bertz CT molecular complexity index is 1230. The molecule has 1 aliphatic rings. The van der Waals surface area contributed by atoms with Crippen molar-refractivity contribution in [2.75, 3.05) is 32.5 Å². The lowest BCUT2D eigenvalue weighted by molar-refractivity contribution is -0.121. The molecule has 170 valence electrons. The molecule has 2 heterocycles. The van der Waals surface area contributed by atoms with Crippen molar-refractivity contribution in [2.45, 2.75) is 26.3 Å². The fourth-order valence-electron chi connectivity index (χ4n) is 4.12. The van der Waals surface area contributed by atoms with E-state index in [0.29, 0.717) is 38.4 Å². The standard InChI is InChI=1S/C23H29N5O3S/c1-17-7-6-8-18(15-17)16-28-21-10-5-4-9-20(21)24-23(28)25-22(29)19-11-13-27(14-12-19)32(30,31)26(2)3/h4-10,15,19H,11-14,16H2,1-3H3,(H,24,25,29). The Morgan fingerprint density at radius 1 is 1.12 bits per heavy atom. The molecule has 0 atom stereocenters. The van der Waals surface area contributed by atoms with Crippen molar-refractivity contribution < 1.29 is 13.2 Å². The highest BCUT2D eigenvalue weighted by Gasteiger charge is 2.32. The largest absolute Gasteiger partial charge is 0.305 e. The lowest BCUT2D eigenvalue weighted by Gasteiger charge is -2.32. The first kappa shape index (κ1) is 22.4. The van der Waals surface area contributed by atoms with E-state index in [0.717, 1.165) is 16.6 Å². The Morgan fingerprint density at radius 3 is 2.53 bits per heavy atom. The fourth-order valence-corrected chi connectivity index (χ4v) is 5.25. The van der Waals surface area contributed by atoms with Gasteiger partial charge in [-0.05, 0) is 37.5 Å². The molecule has 1 amide bonds. The molecule has 0 aliphatic carbocycles. The van der Waals surface area contributed by atoms with Crippen molar-refractivity contribution in [3.63, 3.8) is 0 Å². The van der Waals surface area contributed by atoms with Crippen LogP contribution in [-0.4, -0.2) is 59.7 Å². The van der Waals surface area contributed by atoms with E-state index in [1.54, 1.807) is 0 Å². The molecule has 2 aromatic carbocycles. The second-order valence-corrected chi connectivity index (χ2v) is 10.6. The summed E-state index contributed by atoms with van der Waals surface area (Å²) in [6, 6.07) is 16.1. The van der Waals surface area contributed by atoms with E-state index < -0.39 is 10.2 Å². The highest BCUT2D eigenvalue weighted by molar-refractivity contribution is 7.86. The van der Waals surface area contributed by atoms with Crippen LogP contribution in [0.5, 0.6) is 0 Å². The molecule has 1 N–H and O–H groups in total. The third-order valence-electron chi connectivity index (χ3n) is 5.93. The first-order valence-electron chi connectivity index (χ1n) is 10.7. The number of fused-ring (bicyclic) bond motifs is 1. The molecular formula is C23H29N5O3S. The molecule has 1 fully saturated rings.